The molecule has 27 heavy (non-hydrogen) atoms. The zero-order valence-corrected chi connectivity index (χ0v) is 15.8. The molecule has 0 aliphatic carbocycles. The molecule has 3 amide bonds. The minimum absolute atomic E-state index is 0.0326. The van der Waals surface area contributed by atoms with Crippen LogP contribution in [0.4, 0.5) is 16.2 Å². The minimum Gasteiger partial charge on any atom is -0.348 e. The van der Waals surface area contributed by atoms with Gasteiger partial charge in [-0.25, -0.2) is 4.79 Å². The van der Waals surface area contributed by atoms with Crippen molar-refractivity contribution in [2.45, 2.75) is 6.54 Å². The van der Waals surface area contributed by atoms with Gasteiger partial charge in [-0.2, -0.15) is 0 Å². The molecule has 1 heterocycles. The number of halogens is 1. The zero-order chi connectivity index (χ0) is 18.8. The average Bonchev–Trinajstić information content (AvgIpc) is 3.06. The molecule has 1 aliphatic heterocycles. The minimum atomic E-state index is -0.305. The van der Waals surface area contributed by atoms with Gasteiger partial charge in [0.15, 0.2) is 0 Å². The highest BCUT2D eigenvalue weighted by molar-refractivity contribution is 9.10. The summed E-state index contributed by atoms with van der Waals surface area (Å²) in [6.07, 6.45) is 0. The van der Waals surface area contributed by atoms with Gasteiger partial charge in [-0.3, -0.25) is 4.79 Å². The third-order valence-electron chi connectivity index (χ3n) is 4.40. The van der Waals surface area contributed by atoms with Gasteiger partial charge in [-0.15, -0.1) is 0 Å². The van der Waals surface area contributed by atoms with E-state index in [0.717, 1.165) is 26.7 Å². The van der Waals surface area contributed by atoms with Crippen molar-refractivity contribution in [1.82, 2.24) is 5.32 Å². The van der Waals surface area contributed by atoms with E-state index in [1.54, 1.807) is 0 Å². The third kappa shape index (κ3) is 3.71. The van der Waals surface area contributed by atoms with E-state index < -0.39 is 0 Å². The smallest absolute Gasteiger partial charge is 0.323 e. The maximum absolute atomic E-state index is 12.1. The SMILES string of the molecule is O=C(Nc1ccc(Br)cc1)Nc1ccc(-c2cccc3c2CNC3=O)cc1. The summed E-state index contributed by atoms with van der Waals surface area (Å²) in [6.45, 7) is 0.542. The lowest BCUT2D eigenvalue weighted by molar-refractivity contribution is 0.0965. The van der Waals surface area contributed by atoms with Crippen molar-refractivity contribution in [2.75, 3.05) is 10.6 Å². The van der Waals surface area contributed by atoms with E-state index in [1.807, 2.05) is 66.7 Å². The zero-order valence-electron chi connectivity index (χ0n) is 14.3. The van der Waals surface area contributed by atoms with Crippen molar-refractivity contribution in [1.29, 1.82) is 0 Å². The van der Waals surface area contributed by atoms with Gasteiger partial charge in [0.05, 0.1) is 0 Å². The first kappa shape index (κ1) is 17.3. The number of carbonyl (C=O) groups is 2. The van der Waals surface area contributed by atoms with Crippen LogP contribution in [0.2, 0.25) is 0 Å². The lowest BCUT2D eigenvalue weighted by Gasteiger charge is -2.10. The molecule has 3 aromatic rings. The van der Waals surface area contributed by atoms with Gasteiger partial charge in [0, 0.05) is 28.0 Å². The van der Waals surface area contributed by atoms with E-state index in [1.165, 1.54) is 0 Å². The molecular weight excluding hydrogens is 406 g/mol. The molecule has 0 saturated heterocycles. The molecule has 3 aromatic carbocycles. The molecule has 0 atom stereocenters. The van der Waals surface area contributed by atoms with E-state index >= 15 is 0 Å². The Hall–Kier alpha value is -3.12. The first-order chi connectivity index (χ1) is 13.1. The monoisotopic (exact) mass is 421 g/mol. The van der Waals surface area contributed by atoms with Crippen molar-refractivity contribution < 1.29 is 9.59 Å². The summed E-state index contributed by atoms with van der Waals surface area (Å²) in [5, 5.41) is 8.45. The Morgan fingerprint density at radius 1 is 0.852 bits per heavy atom. The van der Waals surface area contributed by atoms with Gasteiger partial charge in [0.25, 0.3) is 5.91 Å². The normalized spacial score (nSPS) is 12.3. The second kappa shape index (κ2) is 7.25. The molecular formula is C21H16BrN3O2. The number of nitrogens with one attached hydrogen (secondary N) is 3. The van der Waals surface area contributed by atoms with Crippen LogP contribution in [0.25, 0.3) is 11.1 Å². The predicted molar refractivity (Wildman–Crippen MR) is 110 cm³/mol. The van der Waals surface area contributed by atoms with Gasteiger partial charge < -0.3 is 16.0 Å². The second-order valence-electron chi connectivity index (χ2n) is 6.18. The third-order valence-corrected chi connectivity index (χ3v) is 4.93. The molecule has 6 heteroatoms. The number of carbonyl (C=O) groups excluding carboxylic acids is 2. The summed E-state index contributed by atoms with van der Waals surface area (Å²) in [5.41, 5.74) is 5.16. The summed E-state index contributed by atoms with van der Waals surface area (Å²) in [5.74, 6) is -0.0326. The number of anilines is 2. The highest BCUT2D eigenvalue weighted by Gasteiger charge is 2.21. The van der Waals surface area contributed by atoms with E-state index in [0.29, 0.717) is 17.9 Å². The molecule has 0 unspecified atom stereocenters. The summed E-state index contributed by atoms with van der Waals surface area (Å²) >= 11 is 3.36. The fourth-order valence-electron chi connectivity index (χ4n) is 3.08. The highest BCUT2D eigenvalue weighted by atomic mass is 79.9. The molecule has 5 nitrogen and oxygen atoms in total. The van der Waals surface area contributed by atoms with Crippen LogP contribution >= 0.6 is 15.9 Å². The van der Waals surface area contributed by atoms with Crippen molar-refractivity contribution in [3.8, 4) is 11.1 Å². The molecule has 4 rings (SSSR count). The van der Waals surface area contributed by atoms with Crippen molar-refractivity contribution in [2.24, 2.45) is 0 Å². The maximum Gasteiger partial charge on any atom is 0.323 e. The Labute approximate surface area is 164 Å². The summed E-state index contributed by atoms with van der Waals surface area (Å²) < 4.78 is 0.952. The standard InChI is InChI=1S/C21H16BrN3O2/c22-14-6-10-16(11-7-14)25-21(27)24-15-8-4-13(5-9-15)17-2-1-3-18-19(17)12-23-20(18)26/h1-11H,12H2,(H,23,26)(H2,24,25,27). The summed E-state index contributed by atoms with van der Waals surface area (Å²) in [7, 11) is 0. The van der Waals surface area contributed by atoms with Gasteiger partial charge in [-0.05, 0) is 59.2 Å². The molecule has 3 N–H and O–H groups in total. The fraction of sp³-hybridized carbons (Fsp3) is 0.0476. The molecule has 0 bridgehead atoms. The number of hydrogen-bond acceptors (Lipinski definition) is 2. The van der Waals surface area contributed by atoms with Crippen molar-refractivity contribution in [3.05, 3.63) is 82.3 Å². The molecule has 1 aliphatic rings. The van der Waals surface area contributed by atoms with Crippen LogP contribution in [-0.4, -0.2) is 11.9 Å². The number of benzene rings is 3. The van der Waals surface area contributed by atoms with Gasteiger partial charge >= 0.3 is 6.03 Å². The molecule has 134 valence electrons. The Morgan fingerprint density at radius 2 is 1.44 bits per heavy atom. The number of fused-ring (bicyclic) bond motifs is 1. The number of rotatable bonds is 3. The topological polar surface area (TPSA) is 70.2 Å². The fourth-order valence-corrected chi connectivity index (χ4v) is 3.35. The molecule has 0 aromatic heterocycles. The largest absolute Gasteiger partial charge is 0.348 e. The van der Waals surface area contributed by atoms with Gasteiger partial charge in [0.1, 0.15) is 0 Å². The number of hydrogen-bond donors (Lipinski definition) is 3. The Kier molecular flexibility index (Phi) is 4.64. The molecule has 0 saturated carbocycles. The lowest BCUT2D eigenvalue weighted by Crippen LogP contribution is -2.19. The highest BCUT2D eigenvalue weighted by Crippen LogP contribution is 2.30. The first-order valence-corrected chi connectivity index (χ1v) is 9.23. The van der Waals surface area contributed by atoms with Gasteiger partial charge in [-0.1, -0.05) is 40.2 Å². The summed E-state index contributed by atoms with van der Waals surface area (Å²) in [6, 6.07) is 20.4. The van der Waals surface area contributed by atoms with Crippen LogP contribution in [-0.2, 0) is 6.54 Å². The first-order valence-electron chi connectivity index (χ1n) is 8.44. The van der Waals surface area contributed by atoms with Crippen LogP contribution < -0.4 is 16.0 Å². The van der Waals surface area contributed by atoms with Gasteiger partial charge in [0.2, 0.25) is 0 Å². The average molecular weight is 422 g/mol. The quantitative estimate of drug-likeness (QED) is 0.556. The van der Waals surface area contributed by atoms with E-state index in [4.69, 9.17) is 0 Å². The van der Waals surface area contributed by atoms with Crippen molar-refractivity contribution in [3.63, 3.8) is 0 Å². The van der Waals surface area contributed by atoms with E-state index in [9.17, 15) is 9.59 Å². The number of urea groups is 1. The number of amides is 3. The van der Waals surface area contributed by atoms with Crippen LogP contribution in [0.1, 0.15) is 15.9 Å². The summed E-state index contributed by atoms with van der Waals surface area (Å²) in [4.78, 5) is 24.0. The Balaban J connectivity index is 1.47. The van der Waals surface area contributed by atoms with E-state index in [2.05, 4.69) is 31.9 Å². The van der Waals surface area contributed by atoms with Crippen LogP contribution in [0.5, 0.6) is 0 Å². The molecule has 0 spiro atoms. The van der Waals surface area contributed by atoms with Crippen LogP contribution in [0.15, 0.2) is 71.2 Å². The lowest BCUT2D eigenvalue weighted by atomic mass is 9.97. The molecule has 0 radical (unpaired) electrons. The van der Waals surface area contributed by atoms with Crippen LogP contribution in [0.3, 0.4) is 0 Å². The maximum atomic E-state index is 12.1. The van der Waals surface area contributed by atoms with Crippen LogP contribution in [0, 0.1) is 0 Å². The molecule has 0 fully saturated rings. The van der Waals surface area contributed by atoms with E-state index in [-0.39, 0.29) is 11.9 Å². The second-order valence-corrected chi connectivity index (χ2v) is 7.09. The van der Waals surface area contributed by atoms with Crippen molar-refractivity contribution >= 4 is 39.2 Å². The predicted octanol–water partition coefficient (Wildman–Crippen LogP) is 5.00. The Bertz CT molecular complexity index is 1010. The Morgan fingerprint density at radius 3 is 2.11 bits per heavy atom.